The number of ether oxygens (including phenoxy) is 1. The Bertz CT molecular complexity index is 1060. The molecule has 1 aromatic carbocycles. The third-order valence-electron chi connectivity index (χ3n) is 6.98. The van der Waals surface area contributed by atoms with Gasteiger partial charge in [-0.15, -0.1) is 0 Å². The molecular weight excluding hydrogens is 374 g/mol. The molecular formula is C24H29N5O. The third kappa shape index (κ3) is 3.28. The molecule has 30 heavy (non-hydrogen) atoms. The topological polar surface area (TPSA) is 66.1 Å². The van der Waals surface area contributed by atoms with Crippen LogP contribution in [0.15, 0.2) is 36.7 Å². The van der Waals surface area contributed by atoms with Crippen LogP contribution in [0, 0.1) is 0 Å². The molecule has 3 atom stereocenters. The van der Waals surface area contributed by atoms with Gasteiger partial charge in [0, 0.05) is 24.8 Å². The summed E-state index contributed by atoms with van der Waals surface area (Å²) in [7, 11) is 0. The summed E-state index contributed by atoms with van der Waals surface area (Å²) in [6, 6.07) is 11.8. The van der Waals surface area contributed by atoms with Crippen LogP contribution in [0.5, 0.6) is 0 Å². The zero-order valence-electron chi connectivity index (χ0n) is 17.5. The Labute approximate surface area is 177 Å². The highest BCUT2D eigenvalue weighted by Crippen LogP contribution is 2.42. The Morgan fingerprint density at radius 1 is 1.17 bits per heavy atom. The number of fused-ring (bicyclic) bond motifs is 2. The molecule has 1 saturated carbocycles. The van der Waals surface area contributed by atoms with Crippen molar-refractivity contribution in [2.24, 2.45) is 0 Å². The van der Waals surface area contributed by atoms with Crippen LogP contribution in [-0.2, 0) is 11.2 Å². The molecule has 0 spiro atoms. The number of aromatic amines is 1. The van der Waals surface area contributed by atoms with Crippen LogP contribution in [0.25, 0.3) is 11.0 Å². The number of anilines is 1. The van der Waals surface area contributed by atoms with Crippen molar-refractivity contribution in [3.8, 4) is 0 Å². The Morgan fingerprint density at radius 3 is 2.93 bits per heavy atom. The predicted octanol–water partition coefficient (Wildman–Crippen LogP) is 4.02. The molecule has 0 bridgehead atoms. The zero-order chi connectivity index (χ0) is 20.1. The van der Waals surface area contributed by atoms with Gasteiger partial charge in [0.15, 0.2) is 0 Å². The molecule has 6 rings (SSSR count). The molecule has 3 aliphatic rings. The minimum atomic E-state index is 0.206. The lowest BCUT2D eigenvalue weighted by atomic mass is 9.83. The minimum Gasteiger partial charge on any atom is -0.376 e. The van der Waals surface area contributed by atoms with Gasteiger partial charge >= 0.3 is 0 Å². The number of hydrogen-bond donors (Lipinski definition) is 2. The van der Waals surface area contributed by atoms with Crippen molar-refractivity contribution in [2.75, 3.05) is 25.0 Å². The Kier molecular flexibility index (Phi) is 4.50. The van der Waals surface area contributed by atoms with Gasteiger partial charge in [-0.2, -0.15) is 0 Å². The first-order valence-corrected chi connectivity index (χ1v) is 11.3. The molecule has 3 aromatic rings. The molecule has 156 valence electrons. The van der Waals surface area contributed by atoms with Crippen molar-refractivity contribution >= 4 is 16.9 Å². The van der Waals surface area contributed by atoms with Crippen LogP contribution in [-0.4, -0.2) is 51.7 Å². The van der Waals surface area contributed by atoms with Crippen molar-refractivity contribution in [2.45, 2.75) is 56.7 Å². The van der Waals surface area contributed by atoms with Crippen molar-refractivity contribution in [3.05, 3.63) is 53.5 Å². The summed E-state index contributed by atoms with van der Waals surface area (Å²) < 4.78 is 5.82. The number of nitrogens with one attached hydrogen (secondary N) is 2. The van der Waals surface area contributed by atoms with Crippen LogP contribution in [0.2, 0.25) is 0 Å². The second-order valence-electron chi connectivity index (χ2n) is 9.09. The fourth-order valence-electron chi connectivity index (χ4n) is 5.29. The quantitative estimate of drug-likeness (QED) is 0.689. The highest BCUT2D eigenvalue weighted by atomic mass is 16.5. The van der Waals surface area contributed by atoms with Crippen LogP contribution < -0.4 is 5.32 Å². The molecule has 1 saturated heterocycles. The number of morpholine rings is 1. The molecule has 6 heteroatoms. The third-order valence-corrected chi connectivity index (χ3v) is 6.98. The molecule has 1 aliphatic heterocycles. The largest absolute Gasteiger partial charge is 0.376 e. The molecule has 0 radical (unpaired) electrons. The molecule has 2 aromatic heterocycles. The lowest BCUT2D eigenvalue weighted by Gasteiger charge is -2.44. The number of aromatic nitrogens is 3. The van der Waals surface area contributed by atoms with Gasteiger partial charge < -0.3 is 15.0 Å². The Hall–Kier alpha value is -2.44. The minimum absolute atomic E-state index is 0.206. The van der Waals surface area contributed by atoms with Gasteiger partial charge in [0.2, 0.25) is 0 Å². The summed E-state index contributed by atoms with van der Waals surface area (Å²) in [4.78, 5) is 15.3. The van der Waals surface area contributed by atoms with E-state index in [1.165, 1.54) is 29.7 Å². The molecule has 0 amide bonds. The van der Waals surface area contributed by atoms with Crippen LogP contribution in [0.1, 0.15) is 55.0 Å². The maximum Gasteiger partial charge on any atom is 0.143 e. The van der Waals surface area contributed by atoms with Gasteiger partial charge in [-0.1, -0.05) is 24.3 Å². The number of aryl methyl sites for hydroxylation is 1. The van der Waals surface area contributed by atoms with E-state index in [0.29, 0.717) is 12.0 Å². The van der Waals surface area contributed by atoms with Crippen LogP contribution in [0.4, 0.5) is 5.82 Å². The first-order chi connectivity index (χ1) is 14.8. The normalized spacial score (nSPS) is 27.2. The van der Waals surface area contributed by atoms with E-state index in [4.69, 9.17) is 4.74 Å². The first-order valence-electron chi connectivity index (χ1n) is 11.3. The van der Waals surface area contributed by atoms with E-state index in [0.717, 1.165) is 49.4 Å². The van der Waals surface area contributed by atoms with Gasteiger partial charge in [0.1, 0.15) is 17.8 Å². The number of H-pyrrole nitrogens is 1. The molecule has 3 heterocycles. The molecule has 0 unspecified atom stereocenters. The maximum atomic E-state index is 5.82. The van der Waals surface area contributed by atoms with E-state index in [9.17, 15) is 0 Å². The number of hydrogen-bond acceptors (Lipinski definition) is 5. The number of nitrogens with zero attached hydrogens (tertiary/aromatic N) is 3. The highest BCUT2D eigenvalue weighted by molar-refractivity contribution is 5.88. The average molecular weight is 404 g/mol. The maximum absolute atomic E-state index is 5.82. The van der Waals surface area contributed by atoms with Crippen molar-refractivity contribution in [1.29, 1.82) is 0 Å². The fraction of sp³-hybridized carbons (Fsp3) is 0.500. The van der Waals surface area contributed by atoms with E-state index in [1.807, 2.05) is 0 Å². The van der Waals surface area contributed by atoms with Gasteiger partial charge in [-0.25, -0.2) is 9.97 Å². The van der Waals surface area contributed by atoms with Gasteiger partial charge in [0.05, 0.1) is 24.1 Å². The molecule has 2 N–H and O–H groups in total. The van der Waals surface area contributed by atoms with E-state index >= 15 is 0 Å². The SMILES string of the molecule is C[C@H]1CN([C@@H]2CCc3ccccc3[C@H]2Nc2ncnc3[nH]c(C4CC4)cc23)CCO1. The molecule has 6 nitrogen and oxygen atoms in total. The van der Waals surface area contributed by atoms with E-state index in [-0.39, 0.29) is 12.1 Å². The van der Waals surface area contributed by atoms with E-state index in [2.05, 4.69) is 62.4 Å². The molecule has 2 fully saturated rings. The van der Waals surface area contributed by atoms with Crippen molar-refractivity contribution in [3.63, 3.8) is 0 Å². The lowest BCUT2D eigenvalue weighted by molar-refractivity contribution is -0.0391. The van der Waals surface area contributed by atoms with Gasteiger partial charge in [-0.3, -0.25) is 4.90 Å². The summed E-state index contributed by atoms with van der Waals surface area (Å²) >= 11 is 0. The van der Waals surface area contributed by atoms with Gasteiger partial charge in [0.25, 0.3) is 0 Å². The highest BCUT2D eigenvalue weighted by Gasteiger charge is 2.36. The zero-order valence-corrected chi connectivity index (χ0v) is 17.5. The second kappa shape index (κ2) is 7.36. The van der Waals surface area contributed by atoms with Crippen LogP contribution >= 0.6 is 0 Å². The Morgan fingerprint density at radius 2 is 2.07 bits per heavy atom. The molecule has 2 aliphatic carbocycles. The van der Waals surface area contributed by atoms with Gasteiger partial charge in [-0.05, 0) is 55.7 Å². The predicted molar refractivity (Wildman–Crippen MR) is 118 cm³/mol. The van der Waals surface area contributed by atoms with Crippen molar-refractivity contribution < 1.29 is 4.74 Å². The second-order valence-corrected chi connectivity index (χ2v) is 9.09. The standard InChI is InChI=1S/C24H29N5O/c1-15-13-29(10-11-30-15)21-9-8-16-4-2-3-5-18(16)22(21)28-24-19-12-20(17-6-7-17)27-23(19)25-14-26-24/h2-5,12,14-15,17,21-22H,6-11,13H2,1H3,(H2,25,26,27,28)/t15-,21+,22+/m0/s1. The smallest absolute Gasteiger partial charge is 0.143 e. The number of rotatable bonds is 4. The lowest BCUT2D eigenvalue weighted by Crippen LogP contribution is -2.51. The average Bonchev–Trinajstić information content (AvgIpc) is 3.53. The summed E-state index contributed by atoms with van der Waals surface area (Å²) in [5, 5.41) is 4.97. The van der Waals surface area contributed by atoms with Crippen LogP contribution in [0.3, 0.4) is 0 Å². The van der Waals surface area contributed by atoms with Crippen molar-refractivity contribution in [1.82, 2.24) is 19.9 Å². The summed E-state index contributed by atoms with van der Waals surface area (Å²) in [6.07, 6.45) is 6.79. The summed E-state index contributed by atoms with van der Waals surface area (Å²) in [5.41, 5.74) is 5.09. The fourth-order valence-corrected chi connectivity index (χ4v) is 5.29. The van der Waals surface area contributed by atoms with E-state index in [1.54, 1.807) is 6.33 Å². The summed E-state index contributed by atoms with van der Waals surface area (Å²) in [6.45, 7) is 4.97. The Balaban J connectivity index is 1.38. The summed E-state index contributed by atoms with van der Waals surface area (Å²) in [5.74, 6) is 1.61. The first kappa shape index (κ1) is 18.3. The van der Waals surface area contributed by atoms with E-state index < -0.39 is 0 Å². The number of benzene rings is 1. The monoisotopic (exact) mass is 403 g/mol.